The molecule has 2 aliphatic heterocycles. The molecule has 3 aromatic carbocycles. The number of ether oxygens (including phenoxy) is 5. The molecule has 1 amide bonds. The van der Waals surface area contributed by atoms with Gasteiger partial charge in [-0.3, -0.25) is 9.69 Å². The quantitative estimate of drug-likeness (QED) is 0.429. The molecule has 5 rings (SSSR count). The summed E-state index contributed by atoms with van der Waals surface area (Å²) < 4.78 is 27.9. The van der Waals surface area contributed by atoms with Crippen molar-refractivity contribution in [2.45, 2.75) is 20.1 Å². The van der Waals surface area contributed by atoms with E-state index >= 15 is 0 Å². The Bertz CT molecular complexity index is 1220. The zero-order valence-corrected chi connectivity index (χ0v) is 21.3. The summed E-state index contributed by atoms with van der Waals surface area (Å²) in [6.07, 6.45) is 0. The van der Waals surface area contributed by atoms with Gasteiger partial charge in [-0.2, -0.15) is 0 Å². The molecule has 0 bridgehead atoms. The van der Waals surface area contributed by atoms with E-state index in [0.29, 0.717) is 31.9 Å². The van der Waals surface area contributed by atoms with Crippen molar-refractivity contribution >= 4 is 5.91 Å². The fourth-order valence-corrected chi connectivity index (χ4v) is 4.54. The Labute approximate surface area is 217 Å². The summed E-state index contributed by atoms with van der Waals surface area (Å²) in [6.45, 7) is 6.84. The number of hydrogen-bond acceptors (Lipinski definition) is 7. The highest BCUT2D eigenvalue weighted by atomic mass is 16.7. The van der Waals surface area contributed by atoms with Gasteiger partial charge in [0.2, 0.25) is 6.79 Å². The Morgan fingerprint density at radius 2 is 1.62 bits per heavy atom. The number of fused-ring (bicyclic) bond motifs is 1. The zero-order valence-electron chi connectivity index (χ0n) is 21.3. The molecular formula is C29H32N2O6. The number of carbonyl (C=O) groups is 1. The Hall–Kier alpha value is -3.91. The summed E-state index contributed by atoms with van der Waals surface area (Å²) >= 11 is 0. The first-order chi connectivity index (χ1) is 18.1. The van der Waals surface area contributed by atoms with Crippen LogP contribution in [0.15, 0.2) is 60.7 Å². The van der Waals surface area contributed by atoms with E-state index in [0.717, 1.165) is 53.9 Å². The second-order valence-electron chi connectivity index (χ2n) is 8.98. The van der Waals surface area contributed by atoms with Crippen LogP contribution in [0.25, 0.3) is 0 Å². The highest BCUT2D eigenvalue weighted by Crippen LogP contribution is 2.33. The molecule has 0 N–H and O–H groups in total. The van der Waals surface area contributed by atoms with Crippen molar-refractivity contribution in [1.29, 1.82) is 0 Å². The van der Waals surface area contributed by atoms with Crippen LogP contribution in [0.2, 0.25) is 0 Å². The summed E-state index contributed by atoms with van der Waals surface area (Å²) in [5.41, 5.74) is 2.66. The standard InChI is InChI=1S/C29H32N2O6/c1-3-34-26-11-5-22(17-23(26)19-35-25-8-6-24(33-2)7-9-25)29(32)31-14-12-30(13-15-31)18-21-4-10-27-28(16-21)37-20-36-27/h4-11,16-17H,3,12-15,18-20H2,1-2H3. The van der Waals surface area contributed by atoms with Crippen LogP contribution in [0.5, 0.6) is 28.7 Å². The van der Waals surface area contributed by atoms with E-state index in [2.05, 4.69) is 11.0 Å². The van der Waals surface area contributed by atoms with Crippen LogP contribution >= 0.6 is 0 Å². The molecule has 1 saturated heterocycles. The van der Waals surface area contributed by atoms with Gasteiger partial charge in [-0.15, -0.1) is 0 Å². The normalized spacial score (nSPS) is 14.9. The molecule has 194 valence electrons. The summed E-state index contributed by atoms with van der Waals surface area (Å²) in [6, 6.07) is 19.1. The smallest absolute Gasteiger partial charge is 0.253 e. The van der Waals surface area contributed by atoms with E-state index in [1.54, 1.807) is 7.11 Å². The van der Waals surface area contributed by atoms with Gasteiger partial charge in [0.05, 0.1) is 13.7 Å². The van der Waals surface area contributed by atoms with Crippen LogP contribution in [0.4, 0.5) is 0 Å². The molecule has 8 nitrogen and oxygen atoms in total. The molecule has 0 radical (unpaired) electrons. The molecule has 2 aliphatic rings. The highest BCUT2D eigenvalue weighted by molar-refractivity contribution is 5.94. The number of benzene rings is 3. The van der Waals surface area contributed by atoms with Gasteiger partial charge in [-0.05, 0) is 67.1 Å². The molecule has 8 heteroatoms. The Morgan fingerprint density at radius 1 is 0.865 bits per heavy atom. The largest absolute Gasteiger partial charge is 0.497 e. The lowest BCUT2D eigenvalue weighted by Gasteiger charge is -2.35. The van der Waals surface area contributed by atoms with Gasteiger partial charge < -0.3 is 28.6 Å². The van der Waals surface area contributed by atoms with E-state index < -0.39 is 0 Å². The van der Waals surface area contributed by atoms with Crippen molar-refractivity contribution in [3.8, 4) is 28.7 Å². The molecule has 0 spiro atoms. The molecule has 0 atom stereocenters. The number of carbonyl (C=O) groups excluding carboxylic acids is 1. The number of nitrogens with zero attached hydrogens (tertiary/aromatic N) is 2. The third-order valence-corrected chi connectivity index (χ3v) is 6.56. The van der Waals surface area contributed by atoms with Crippen LogP contribution in [-0.4, -0.2) is 62.4 Å². The third kappa shape index (κ3) is 5.91. The first-order valence-electron chi connectivity index (χ1n) is 12.6. The minimum absolute atomic E-state index is 0.0245. The second kappa shape index (κ2) is 11.4. The van der Waals surface area contributed by atoms with Gasteiger partial charge in [-0.25, -0.2) is 0 Å². The first-order valence-corrected chi connectivity index (χ1v) is 12.6. The fraction of sp³-hybridized carbons (Fsp3) is 0.345. The van der Waals surface area contributed by atoms with Crippen molar-refractivity contribution in [3.05, 3.63) is 77.4 Å². The van der Waals surface area contributed by atoms with Gasteiger partial charge >= 0.3 is 0 Å². The molecule has 0 aromatic heterocycles. The highest BCUT2D eigenvalue weighted by Gasteiger charge is 2.24. The van der Waals surface area contributed by atoms with Crippen molar-refractivity contribution in [3.63, 3.8) is 0 Å². The van der Waals surface area contributed by atoms with Crippen molar-refractivity contribution < 1.29 is 28.5 Å². The van der Waals surface area contributed by atoms with Crippen LogP contribution in [0.3, 0.4) is 0 Å². The minimum atomic E-state index is 0.0245. The summed E-state index contributed by atoms with van der Waals surface area (Å²) in [7, 11) is 1.63. The maximum Gasteiger partial charge on any atom is 0.253 e. The van der Waals surface area contributed by atoms with Crippen LogP contribution in [0.1, 0.15) is 28.4 Å². The van der Waals surface area contributed by atoms with Gasteiger partial charge in [0.1, 0.15) is 23.9 Å². The molecule has 1 fully saturated rings. The summed E-state index contributed by atoms with van der Waals surface area (Å²) in [4.78, 5) is 17.6. The Morgan fingerprint density at radius 3 is 2.38 bits per heavy atom. The summed E-state index contributed by atoms with van der Waals surface area (Å²) in [5, 5.41) is 0. The second-order valence-corrected chi connectivity index (χ2v) is 8.98. The van der Waals surface area contributed by atoms with Crippen LogP contribution in [-0.2, 0) is 13.2 Å². The van der Waals surface area contributed by atoms with Crippen molar-refractivity contribution in [2.75, 3.05) is 46.7 Å². The molecule has 37 heavy (non-hydrogen) atoms. The van der Waals surface area contributed by atoms with E-state index in [1.165, 1.54) is 5.56 Å². The monoisotopic (exact) mass is 504 g/mol. The van der Waals surface area contributed by atoms with Gasteiger partial charge in [0.25, 0.3) is 5.91 Å². The number of piperazine rings is 1. The molecule has 3 aromatic rings. The van der Waals surface area contributed by atoms with E-state index in [9.17, 15) is 4.79 Å². The molecule has 0 unspecified atom stereocenters. The van der Waals surface area contributed by atoms with Gasteiger partial charge in [-0.1, -0.05) is 6.07 Å². The van der Waals surface area contributed by atoms with Crippen LogP contribution in [0, 0.1) is 0 Å². The fourth-order valence-electron chi connectivity index (χ4n) is 4.54. The molecule has 0 aliphatic carbocycles. The lowest BCUT2D eigenvalue weighted by molar-refractivity contribution is 0.0628. The first kappa shape index (κ1) is 24.8. The minimum Gasteiger partial charge on any atom is -0.497 e. The van der Waals surface area contributed by atoms with Crippen molar-refractivity contribution in [2.24, 2.45) is 0 Å². The average Bonchev–Trinajstić information content (AvgIpc) is 3.41. The SMILES string of the molecule is CCOc1ccc(C(=O)N2CCN(Cc3ccc4c(c3)OCO4)CC2)cc1COc1ccc(OC)cc1. The van der Waals surface area contributed by atoms with Crippen LogP contribution < -0.4 is 23.7 Å². The zero-order chi connectivity index (χ0) is 25.6. The predicted octanol–water partition coefficient (Wildman–Crippen LogP) is 4.36. The number of methoxy groups -OCH3 is 1. The predicted molar refractivity (Wildman–Crippen MR) is 139 cm³/mol. The van der Waals surface area contributed by atoms with Crippen molar-refractivity contribution in [1.82, 2.24) is 9.80 Å². The van der Waals surface area contributed by atoms with E-state index in [4.69, 9.17) is 23.7 Å². The molecule has 2 heterocycles. The topological polar surface area (TPSA) is 69.7 Å². The number of amides is 1. The third-order valence-electron chi connectivity index (χ3n) is 6.56. The lowest BCUT2D eigenvalue weighted by atomic mass is 10.1. The van der Waals surface area contributed by atoms with E-state index in [1.807, 2.05) is 66.4 Å². The van der Waals surface area contributed by atoms with E-state index in [-0.39, 0.29) is 12.7 Å². The Kier molecular flexibility index (Phi) is 7.65. The maximum absolute atomic E-state index is 13.3. The number of hydrogen-bond donors (Lipinski definition) is 0. The average molecular weight is 505 g/mol. The van der Waals surface area contributed by atoms with Gasteiger partial charge in [0.15, 0.2) is 11.5 Å². The Balaban J connectivity index is 1.20. The number of rotatable bonds is 9. The lowest BCUT2D eigenvalue weighted by Crippen LogP contribution is -2.48. The summed E-state index contributed by atoms with van der Waals surface area (Å²) in [5.74, 6) is 3.83. The molecule has 0 saturated carbocycles. The van der Waals surface area contributed by atoms with Gasteiger partial charge in [0, 0.05) is 43.9 Å². The maximum atomic E-state index is 13.3. The molecular weight excluding hydrogens is 472 g/mol.